The Morgan fingerprint density at radius 3 is 2.53 bits per heavy atom. The molecule has 1 N–H and O–H groups in total. The maximum atomic E-state index is 3.76. The molecule has 2 rings (SSSR count). The molecule has 1 saturated carbocycles. The van der Waals surface area contributed by atoms with Gasteiger partial charge in [-0.05, 0) is 42.9 Å². The smallest absolute Gasteiger partial charge is 0.0417 e. The van der Waals surface area contributed by atoms with E-state index in [-0.39, 0.29) is 5.41 Å². The Balaban J connectivity index is 2.05. The van der Waals surface area contributed by atoms with Gasteiger partial charge in [0.15, 0.2) is 0 Å². The standard InChI is InChI=1S/C17H29NS/c1-5-11-18-14(12-13-7-6-8-13)15-9-10-16(19-15)17(2,3)4/h9-10,13-14,18H,5-8,11-12H2,1-4H3. The summed E-state index contributed by atoms with van der Waals surface area (Å²) < 4.78 is 0. The number of hydrogen-bond acceptors (Lipinski definition) is 2. The van der Waals surface area contributed by atoms with Crippen molar-refractivity contribution >= 4 is 11.3 Å². The minimum atomic E-state index is 0.286. The van der Waals surface area contributed by atoms with Crippen LogP contribution in [-0.4, -0.2) is 6.54 Å². The van der Waals surface area contributed by atoms with Gasteiger partial charge in [0.2, 0.25) is 0 Å². The fraction of sp³-hybridized carbons (Fsp3) is 0.765. The summed E-state index contributed by atoms with van der Waals surface area (Å²) in [6.45, 7) is 10.3. The van der Waals surface area contributed by atoms with Gasteiger partial charge < -0.3 is 5.32 Å². The van der Waals surface area contributed by atoms with E-state index in [4.69, 9.17) is 0 Å². The highest BCUT2D eigenvalue weighted by Gasteiger charge is 2.25. The Morgan fingerprint density at radius 2 is 2.05 bits per heavy atom. The van der Waals surface area contributed by atoms with Crippen LogP contribution in [0, 0.1) is 5.92 Å². The molecular formula is C17H29NS. The topological polar surface area (TPSA) is 12.0 Å². The molecule has 0 spiro atoms. The lowest BCUT2D eigenvalue weighted by molar-refractivity contribution is 0.262. The van der Waals surface area contributed by atoms with E-state index in [0.29, 0.717) is 6.04 Å². The van der Waals surface area contributed by atoms with Gasteiger partial charge in [-0.15, -0.1) is 11.3 Å². The van der Waals surface area contributed by atoms with Crippen molar-refractivity contribution in [1.29, 1.82) is 0 Å². The van der Waals surface area contributed by atoms with Crippen LogP contribution >= 0.6 is 11.3 Å². The molecule has 0 saturated heterocycles. The van der Waals surface area contributed by atoms with Crippen LogP contribution in [0.1, 0.15) is 75.6 Å². The quantitative estimate of drug-likeness (QED) is 0.747. The Hall–Kier alpha value is -0.340. The van der Waals surface area contributed by atoms with Crippen molar-refractivity contribution in [3.05, 3.63) is 21.9 Å². The van der Waals surface area contributed by atoms with E-state index in [1.807, 2.05) is 11.3 Å². The van der Waals surface area contributed by atoms with Gasteiger partial charge in [-0.2, -0.15) is 0 Å². The van der Waals surface area contributed by atoms with Gasteiger partial charge >= 0.3 is 0 Å². The molecule has 1 aliphatic carbocycles. The first-order valence-electron chi connectivity index (χ1n) is 7.84. The number of hydrogen-bond donors (Lipinski definition) is 1. The fourth-order valence-corrected chi connectivity index (χ4v) is 3.78. The van der Waals surface area contributed by atoms with Gasteiger partial charge in [-0.1, -0.05) is 47.0 Å². The van der Waals surface area contributed by atoms with Gasteiger partial charge in [0.25, 0.3) is 0 Å². The molecule has 0 bridgehead atoms. The predicted molar refractivity (Wildman–Crippen MR) is 86.0 cm³/mol. The molecule has 1 unspecified atom stereocenters. The molecule has 1 heterocycles. The summed E-state index contributed by atoms with van der Waals surface area (Å²) in [6.07, 6.45) is 6.90. The maximum Gasteiger partial charge on any atom is 0.0417 e. The van der Waals surface area contributed by atoms with Crippen molar-refractivity contribution in [2.45, 2.75) is 71.3 Å². The lowest BCUT2D eigenvalue weighted by Gasteiger charge is -2.30. The summed E-state index contributed by atoms with van der Waals surface area (Å²) in [6, 6.07) is 5.28. The summed E-state index contributed by atoms with van der Waals surface area (Å²) in [5.41, 5.74) is 0.286. The molecular weight excluding hydrogens is 250 g/mol. The molecule has 2 heteroatoms. The molecule has 0 amide bonds. The van der Waals surface area contributed by atoms with Crippen LogP contribution < -0.4 is 5.32 Å². The van der Waals surface area contributed by atoms with E-state index in [9.17, 15) is 0 Å². The zero-order chi connectivity index (χ0) is 13.9. The molecule has 1 aliphatic rings. The summed E-state index contributed by atoms with van der Waals surface area (Å²) in [5, 5.41) is 3.76. The highest BCUT2D eigenvalue weighted by molar-refractivity contribution is 7.12. The average Bonchev–Trinajstić information content (AvgIpc) is 2.76. The fourth-order valence-electron chi connectivity index (χ4n) is 2.62. The molecule has 1 aromatic rings. The minimum Gasteiger partial charge on any atom is -0.309 e. The number of thiophene rings is 1. The van der Waals surface area contributed by atoms with E-state index < -0.39 is 0 Å². The van der Waals surface area contributed by atoms with Gasteiger partial charge in [0.05, 0.1) is 0 Å². The Bertz CT molecular complexity index is 384. The van der Waals surface area contributed by atoms with Crippen LogP contribution in [0.4, 0.5) is 0 Å². The second-order valence-corrected chi connectivity index (χ2v) is 8.11. The van der Waals surface area contributed by atoms with E-state index in [1.54, 1.807) is 4.88 Å². The number of rotatable bonds is 6. The van der Waals surface area contributed by atoms with Crippen molar-refractivity contribution in [3.63, 3.8) is 0 Å². The molecule has 1 atom stereocenters. The normalized spacial score (nSPS) is 18.3. The zero-order valence-electron chi connectivity index (χ0n) is 13.0. The second-order valence-electron chi connectivity index (χ2n) is 6.99. The largest absolute Gasteiger partial charge is 0.309 e. The van der Waals surface area contributed by atoms with Crippen LogP contribution in [-0.2, 0) is 5.41 Å². The molecule has 108 valence electrons. The Labute approximate surface area is 122 Å². The van der Waals surface area contributed by atoms with Gasteiger partial charge in [0, 0.05) is 15.8 Å². The van der Waals surface area contributed by atoms with Crippen molar-refractivity contribution in [2.75, 3.05) is 6.54 Å². The predicted octanol–water partition coefficient (Wildman–Crippen LogP) is 5.28. The van der Waals surface area contributed by atoms with Gasteiger partial charge in [-0.3, -0.25) is 0 Å². The van der Waals surface area contributed by atoms with Crippen LogP contribution in [0.3, 0.4) is 0 Å². The first-order chi connectivity index (χ1) is 9.00. The lowest BCUT2D eigenvalue weighted by Crippen LogP contribution is -2.26. The van der Waals surface area contributed by atoms with Crippen LogP contribution in [0.15, 0.2) is 12.1 Å². The van der Waals surface area contributed by atoms with E-state index in [1.165, 1.54) is 37.0 Å². The van der Waals surface area contributed by atoms with E-state index >= 15 is 0 Å². The molecule has 19 heavy (non-hydrogen) atoms. The summed E-state index contributed by atoms with van der Waals surface area (Å²) in [4.78, 5) is 3.06. The highest BCUT2D eigenvalue weighted by atomic mass is 32.1. The molecule has 0 aliphatic heterocycles. The zero-order valence-corrected chi connectivity index (χ0v) is 13.8. The lowest BCUT2D eigenvalue weighted by atomic mass is 9.80. The third-order valence-corrected chi connectivity index (χ3v) is 5.77. The highest BCUT2D eigenvalue weighted by Crippen LogP contribution is 2.38. The van der Waals surface area contributed by atoms with Crippen LogP contribution in [0.2, 0.25) is 0 Å². The summed E-state index contributed by atoms with van der Waals surface area (Å²) >= 11 is 2.01. The Morgan fingerprint density at radius 1 is 1.32 bits per heavy atom. The number of nitrogens with one attached hydrogen (secondary N) is 1. The summed E-state index contributed by atoms with van der Waals surface area (Å²) in [5.74, 6) is 0.967. The molecule has 1 nitrogen and oxygen atoms in total. The van der Waals surface area contributed by atoms with E-state index in [0.717, 1.165) is 12.5 Å². The average molecular weight is 279 g/mol. The third kappa shape index (κ3) is 4.06. The van der Waals surface area contributed by atoms with Crippen molar-refractivity contribution in [2.24, 2.45) is 5.92 Å². The SMILES string of the molecule is CCCNC(CC1CCC1)c1ccc(C(C)(C)C)s1. The molecule has 1 fully saturated rings. The minimum absolute atomic E-state index is 0.286. The first kappa shape index (κ1) is 15.1. The summed E-state index contributed by atoms with van der Waals surface area (Å²) in [7, 11) is 0. The van der Waals surface area contributed by atoms with Gasteiger partial charge in [-0.25, -0.2) is 0 Å². The molecule has 0 aromatic carbocycles. The van der Waals surface area contributed by atoms with Crippen molar-refractivity contribution in [1.82, 2.24) is 5.32 Å². The monoisotopic (exact) mass is 279 g/mol. The third-order valence-electron chi connectivity index (χ3n) is 4.14. The molecule has 1 aromatic heterocycles. The van der Waals surface area contributed by atoms with Crippen molar-refractivity contribution < 1.29 is 0 Å². The van der Waals surface area contributed by atoms with Crippen LogP contribution in [0.25, 0.3) is 0 Å². The van der Waals surface area contributed by atoms with Gasteiger partial charge in [0.1, 0.15) is 0 Å². The van der Waals surface area contributed by atoms with E-state index in [2.05, 4.69) is 45.1 Å². The maximum absolute atomic E-state index is 3.76. The molecule has 0 radical (unpaired) electrons. The first-order valence-corrected chi connectivity index (χ1v) is 8.66. The van der Waals surface area contributed by atoms with Crippen LogP contribution in [0.5, 0.6) is 0 Å². The van der Waals surface area contributed by atoms with Crippen molar-refractivity contribution in [3.8, 4) is 0 Å². The Kier molecular flexibility index (Phi) is 5.08. The second kappa shape index (κ2) is 6.41.